The summed E-state index contributed by atoms with van der Waals surface area (Å²) in [5.74, 6) is -0.248. The number of benzene rings is 2. The monoisotopic (exact) mass is 456 g/mol. The molecule has 172 valence electrons. The van der Waals surface area contributed by atoms with Crippen molar-refractivity contribution in [1.82, 2.24) is 14.7 Å². The van der Waals surface area contributed by atoms with Gasteiger partial charge in [-0.3, -0.25) is 19.4 Å². The number of nitrogens with two attached hydrogens (primary N) is 1. The molecule has 6 nitrogen and oxygen atoms in total. The molecule has 3 rings (SSSR count). The van der Waals surface area contributed by atoms with Gasteiger partial charge >= 0.3 is 0 Å². The Labute approximate surface area is 195 Å². The Morgan fingerprint density at radius 2 is 1.56 bits per heavy atom. The van der Waals surface area contributed by atoms with Crippen molar-refractivity contribution in [3.05, 3.63) is 70.7 Å². The van der Waals surface area contributed by atoms with Gasteiger partial charge in [0.1, 0.15) is 0 Å². The Balaban J connectivity index is 1.73. The topological polar surface area (TPSA) is 69.9 Å². The number of halogens is 1. The highest BCUT2D eigenvalue weighted by molar-refractivity contribution is 6.30. The molecule has 0 aromatic heterocycles. The minimum atomic E-state index is -1.02. The molecule has 0 aliphatic carbocycles. The minimum absolute atomic E-state index is 0.131. The van der Waals surface area contributed by atoms with Crippen molar-refractivity contribution in [3.8, 4) is 0 Å². The first kappa shape index (κ1) is 24.2. The Morgan fingerprint density at radius 3 is 2.09 bits per heavy atom. The summed E-state index contributed by atoms with van der Waals surface area (Å²) in [6.07, 6.45) is 1.14. The van der Waals surface area contributed by atoms with Crippen LogP contribution in [0.15, 0.2) is 54.6 Å². The van der Waals surface area contributed by atoms with E-state index in [0.717, 1.165) is 11.1 Å². The lowest BCUT2D eigenvalue weighted by Crippen LogP contribution is -2.68. The zero-order chi connectivity index (χ0) is 23.1. The molecule has 1 atom stereocenters. The first-order valence-corrected chi connectivity index (χ1v) is 11.7. The number of piperazine rings is 1. The molecular formula is C25H33ClN4O2. The summed E-state index contributed by atoms with van der Waals surface area (Å²) in [4.78, 5) is 32.0. The first-order valence-electron chi connectivity index (χ1n) is 11.3. The normalized spacial score (nSPS) is 16.7. The third kappa shape index (κ3) is 4.98. The molecule has 2 aromatic carbocycles. The average Bonchev–Trinajstić information content (AvgIpc) is 2.82. The van der Waals surface area contributed by atoms with Gasteiger partial charge in [0, 0.05) is 37.6 Å². The fraction of sp³-hybridized carbons (Fsp3) is 0.440. The second kappa shape index (κ2) is 10.9. The van der Waals surface area contributed by atoms with Crippen LogP contribution in [0, 0.1) is 0 Å². The highest BCUT2D eigenvalue weighted by atomic mass is 35.5. The molecule has 32 heavy (non-hydrogen) atoms. The lowest BCUT2D eigenvalue weighted by Gasteiger charge is -2.51. The van der Waals surface area contributed by atoms with Crippen LogP contribution >= 0.6 is 11.6 Å². The van der Waals surface area contributed by atoms with E-state index >= 15 is 0 Å². The van der Waals surface area contributed by atoms with Crippen LogP contribution in [-0.4, -0.2) is 65.8 Å². The molecule has 1 aliphatic heterocycles. The highest BCUT2D eigenvalue weighted by Crippen LogP contribution is 2.33. The van der Waals surface area contributed by atoms with Gasteiger partial charge in [-0.15, -0.1) is 0 Å². The van der Waals surface area contributed by atoms with Crippen molar-refractivity contribution < 1.29 is 9.59 Å². The first-order chi connectivity index (χ1) is 15.4. The van der Waals surface area contributed by atoms with Crippen molar-refractivity contribution >= 4 is 23.4 Å². The van der Waals surface area contributed by atoms with Gasteiger partial charge in [-0.05, 0) is 42.8 Å². The smallest absolute Gasteiger partial charge is 0.257 e. The molecule has 0 bridgehead atoms. The largest absolute Gasteiger partial charge is 0.367 e. The number of aryl methyl sites for hydroxylation is 1. The van der Waals surface area contributed by atoms with E-state index in [9.17, 15) is 9.59 Å². The van der Waals surface area contributed by atoms with Crippen LogP contribution in [0.25, 0.3) is 0 Å². The molecule has 2 aromatic rings. The van der Waals surface area contributed by atoms with Gasteiger partial charge in [0.25, 0.3) is 5.91 Å². The maximum absolute atomic E-state index is 13.0. The summed E-state index contributed by atoms with van der Waals surface area (Å²) in [6, 6.07) is 17.4. The number of rotatable bonds is 9. The molecule has 1 heterocycles. The third-order valence-corrected chi connectivity index (χ3v) is 6.62. The van der Waals surface area contributed by atoms with Crippen molar-refractivity contribution in [3.63, 3.8) is 0 Å². The lowest BCUT2D eigenvalue weighted by molar-refractivity contribution is -0.153. The molecule has 0 radical (unpaired) electrons. The fourth-order valence-corrected chi connectivity index (χ4v) is 4.84. The van der Waals surface area contributed by atoms with Gasteiger partial charge in [0.05, 0.1) is 0 Å². The standard InChI is InChI=1S/C25H33ClN4O2/c1-3-29(4-2)25(24(27)32,21-8-6-5-7-9-21)30-18-16-28(17-19-30)23(31)15-12-20-10-13-22(26)14-11-20/h5-11,13-14H,3-4,12,15-19H2,1-2H3,(H2,27,32). The molecule has 2 N–H and O–H groups in total. The number of nitrogens with zero attached hydrogens (tertiary/aromatic N) is 3. The molecule has 7 heteroatoms. The Morgan fingerprint density at radius 1 is 0.969 bits per heavy atom. The number of primary amides is 1. The van der Waals surface area contributed by atoms with Crippen molar-refractivity contribution in [1.29, 1.82) is 0 Å². The van der Waals surface area contributed by atoms with E-state index in [1.165, 1.54) is 0 Å². The van der Waals surface area contributed by atoms with Crippen LogP contribution < -0.4 is 5.73 Å². The SMILES string of the molecule is CCN(CC)C(C(N)=O)(c1ccccc1)N1CCN(C(=O)CCc2ccc(Cl)cc2)CC1. The second-order valence-electron chi connectivity index (χ2n) is 8.07. The highest BCUT2D eigenvalue weighted by Gasteiger charge is 2.49. The van der Waals surface area contributed by atoms with Crippen molar-refractivity contribution in [2.24, 2.45) is 5.73 Å². The van der Waals surface area contributed by atoms with Gasteiger partial charge in [0.2, 0.25) is 5.91 Å². The Bertz CT molecular complexity index is 894. The van der Waals surface area contributed by atoms with E-state index in [-0.39, 0.29) is 11.8 Å². The van der Waals surface area contributed by atoms with Crippen molar-refractivity contribution in [2.45, 2.75) is 32.4 Å². The quantitative estimate of drug-likeness (QED) is 0.629. The third-order valence-electron chi connectivity index (χ3n) is 6.37. The van der Waals surface area contributed by atoms with Crippen LogP contribution in [0.3, 0.4) is 0 Å². The minimum Gasteiger partial charge on any atom is -0.367 e. The summed E-state index contributed by atoms with van der Waals surface area (Å²) in [5.41, 5.74) is 7.04. The lowest BCUT2D eigenvalue weighted by atomic mass is 9.93. The average molecular weight is 457 g/mol. The molecule has 0 spiro atoms. The maximum Gasteiger partial charge on any atom is 0.257 e. The zero-order valence-electron chi connectivity index (χ0n) is 19.0. The van der Waals surface area contributed by atoms with Gasteiger partial charge in [-0.1, -0.05) is 67.9 Å². The summed E-state index contributed by atoms with van der Waals surface area (Å²) in [5, 5.41) is 0.695. The molecule has 1 aliphatic rings. The van der Waals surface area contributed by atoms with Gasteiger partial charge < -0.3 is 10.6 Å². The molecule has 1 fully saturated rings. The molecule has 1 saturated heterocycles. The number of hydrogen-bond donors (Lipinski definition) is 1. The Hall–Kier alpha value is -2.41. The number of likely N-dealkylation sites (N-methyl/N-ethyl adjacent to an activating group) is 1. The van der Waals surface area contributed by atoms with Crippen LogP contribution in [0.4, 0.5) is 0 Å². The van der Waals surface area contributed by atoms with E-state index in [1.54, 1.807) is 0 Å². The van der Waals surface area contributed by atoms with E-state index < -0.39 is 5.66 Å². The Kier molecular flexibility index (Phi) is 8.29. The van der Waals surface area contributed by atoms with Crippen LogP contribution in [-0.2, 0) is 21.7 Å². The maximum atomic E-state index is 13.0. The second-order valence-corrected chi connectivity index (χ2v) is 8.51. The summed E-state index contributed by atoms with van der Waals surface area (Å²) in [6.45, 7) is 7.78. The van der Waals surface area contributed by atoms with E-state index in [2.05, 4.69) is 9.80 Å². The van der Waals surface area contributed by atoms with Gasteiger partial charge in [0.15, 0.2) is 5.66 Å². The summed E-state index contributed by atoms with van der Waals surface area (Å²) < 4.78 is 0. The molecule has 1 unspecified atom stereocenters. The zero-order valence-corrected chi connectivity index (χ0v) is 19.7. The fourth-order valence-electron chi connectivity index (χ4n) is 4.71. The van der Waals surface area contributed by atoms with E-state index in [1.807, 2.05) is 73.3 Å². The van der Waals surface area contributed by atoms with Crippen molar-refractivity contribution in [2.75, 3.05) is 39.3 Å². The van der Waals surface area contributed by atoms with E-state index in [4.69, 9.17) is 17.3 Å². The molecular weight excluding hydrogens is 424 g/mol. The summed E-state index contributed by atoms with van der Waals surface area (Å²) >= 11 is 5.94. The van der Waals surface area contributed by atoms with Crippen LogP contribution in [0.5, 0.6) is 0 Å². The van der Waals surface area contributed by atoms with E-state index in [0.29, 0.717) is 57.1 Å². The molecule has 0 saturated carbocycles. The van der Waals surface area contributed by atoms with Gasteiger partial charge in [-0.2, -0.15) is 0 Å². The number of carbonyl (C=O) groups is 2. The number of hydrogen-bond acceptors (Lipinski definition) is 4. The number of carbonyl (C=O) groups excluding carboxylic acids is 2. The predicted octanol–water partition coefficient (Wildman–Crippen LogP) is 3.10. The van der Waals surface area contributed by atoms with Gasteiger partial charge in [-0.25, -0.2) is 0 Å². The van der Waals surface area contributed by atoms with Crippen LogP contribution in [0.1, 0.15) is 31.4 Å². The molecule has 2 amide bonds. The van der Waals surface area contributed by atoms with Crippen LogP contribution in [0.2, 0.25) is 5.02 Å². The summed E-state index contributed by atoms with van der Waals surface area (Å²) in [7, 11) is 0. The number of amides is 2. The predicted molar refractivity (Wildman–Crippen MR) is 128 cm³/mol.